The molecule has 0 atom stereocenters. The van der Waals surface area contributed by atoms with E-state index in [-0.39, 0.29) is 0 Å². The molecule has 0 aliphatic rings. The molecule has 0 aliphatic carbocycles. The van der Waals surface area contributed by atoms with E-state index >= 15 is 0 Å². The Kier molecular flexibility index (Phi) is 3.12. The highest BCUT2D eigenvalue weighted by Crippen LogP contribution is 2.20. The minimum Gasteiger partial charge on any atom is -0.315 e. The Bertz CT molecular complexity index is 738. The lowest BCUT2D eigenvalue weighted by Crippen LogP contribution is -1.94. The molecule has 0 fully saturated rings. The molecule has 0 aliphatic heterocycles. The van der Waals surface area contributed by atoms with Gasteiger partial charge in [0.1, 0.15) is 11.5 Å². The molecule has 0 bridgehead atoms. The van der Waals surface area contributed by atoms with Crippen molar-refractivity contribution < 1.29 is 4.52 Å². The van der Waals surface area contributed by atoms with Gasteiger partial charge in [-0.1, -0.05) is 11.2 Å². The summed E-state index contributed by atoms with van der Waals surface area (Å²) in [5.41, 5.74) is 2.80. The summed E-state index contributed by atoms with van der Waals surface area (Å²) in [6, 6.07) is 7.93. The van der Waals surface area contributed by atoms with E-state index in [0.717, 1.165) is 11.1 Å². The Morgan fingerprint density at radius 1 is 1.10 bits per heavy atom. The first-order valence-electron chi connectivity index (χ1n) is 6.18. The lowest BCUT2D eigenvalue weighted by molar-refractivity contribution is 0.435. The van der Waals surface area contributed by atoms with Gasteiger partial charge in [0.2, 0.25) is 5.82 Å². The first kappa shape index (κ1) is 12.3. The van der Waals surface area contributed by atoms with Crippen molar-refractivity contribution in [3.05, 3.63) is 47.8 Å². The number of pyridine rings is 2. The Labute approximate surface area is 115 Å². The fourth-order valence-electron chi connectivity index (χ4n) is 1.80. The SMILES string of the molecule is Cc1ccnc(Nc2nc(-c3ncccc3C)no2)c1. The predicted molar refractivity (Wildman–Crippen MR) is 74.5 cm³/mol. The van der Waals surface area contributed by atoms with E-state index < -0.39 is 0 Å². The maximum Gasteiger partial charge on any atom is 0.327 e. The van der Waals surface area contributed by atoms with Crippen LogP contribution in [0.1, 0.15) is 11.1 Å². The summed E-state index contributed by atoms with van der Waals surface area (Å²) in [5.74, 6) is 1.12. The van der Waals surface area contributed by atoms with Crippen LogP contribution < -0.4 is 5.32 Å². The van der Waals surface area contributed by atoms with Crippen molar-refractivity contribution in [2.24, 2.45) is 0 Å². The van der Waals surface area contributed by atoms with Gasteiger partial charge in [-0.2, -0.15) is 4.98 Å². The van der Waals surface area contributed by atoms with Gasteiger partial charge in [-0.3, -0.25) is 10.3 Å². The predicted octanol–water partition coefficient (Wildman–Crippen LogP) is 2.89. The smallest absolute Gasteiger partial charge is 0.315 e. The average molecular weight is 267 g/mol. The van der Waals surface area contributed by atoms with Crippen LogP contribution >= 0.6 is 0 Å². The second-order valence-electron chi connectivity index (χ2n) is 4.44. The largest absolute Gasteiger partial charge is 0.327 e. The number of hydrogen-bond acceptors (Lipinski definition) is 6. The molecule has 0 saturated heterocycles. The molecule has 6 nitrogen and oxygen atoms in total. The molecule has 1 N–H and O–H groups in total. The molecule has 3 aromatic heterocycles. The van der Waals surface area contributed by atoms with Crippen LogP contribution in [0.2, 0.25) is 0 Å². The standard InChI is InChI=1S/C14H13N5O/c1-9-5-7-15-11(8-9)17-14-18-13(19-20-14)12-10(2)4-3-6-16-12/h3-8H,1-2H3,(H,15,17,18,19). The Morgan fingerprint density at radius 2 is 2.00 bits per heavy atom. The van der Waals surface area contributed by atoms with Gasteiger partial charge in [-0.05, 0) is 43.2 Å². The summed E-state index contributed by atoms with van der Waals surface area (Å²) in [6.45, 7) is 3.94. The van der Waals surface area contributed by atoms with E-state index in [1.807, 2.05) is 38.1 Å². The molecule has 0 saturated carbocycles. The zero-order chi connectivity index (χ0) is 13.9. The molecule has 0 spiro atoms. The van der Waals surface area contributed by atoms with Gasteiger partial charge >= 0.3 is 6.01 Å². The molecular weight excluding hydrogens is 254 g/mol. The highest BCUT2D eigenvalue weighted by Gasteiger charge is 2.12. The summed E-state index contributed by atoms with van der Waals surface area (Å²) in [5, 5.41) is 6.90. The monoisotopic (exact) mass is 267 g/mol. The topological polar surface area (TPSA) is 76.7 Å². The zero-order valence-electron chi connectivity index (χ0n) is 11.2. The molecule has 0 unspecified atom stereocenters. The van der Waals surface area contributed by atoms with Crippen LogP contribution in [0, 0.1) is 13.8 Å². The van der Waals surface area contributed by atoms with Gasteiger partial charge in [0, 0.05) is 12.4 Å². The number of nitrogens with one attached hydrogen (secondary N) is 1. The van der Waals surface area contributed by atoms with Crippen LogP contribution in [0.25, 0.3) is 11.5 Å². The highest BCUT2D eigenvalue weighted by molar-refractivity contribution is 5.56. The molecule has 3 heterocycles. The number of hydrogen-bond donors (Lipinski definition) is 1. The summed E-state index contributed by atoms with van der Waals surface area (Å²) >= 11 is 0. The summed E-state index contributed by atoms with van der Waals surface area (Å²) in [6.07, 6.45) is 3.42. The summed E-state index contributed by atoms with van der Waals surface area (Å²) in [4.78, 5) is 12.7. The van der Waals surface area contributed by atoms with Crippen molar-refractivity contribution in [2.45, 2.75) is 13.8 Å². The minimum absolute atomic E-state index is 0.295. The number of nitrogens with zero attached hydrogens (tertiary/aromatic N) is 4. The second-order valence-corrected chi connectivity index (χ2v) is 4.44. The van der Waals surface area contributed by atoms with Crippen molar-refractivity contribution in [1.82, 2.24) is 20.1 Å². The Morgan fingerprint density at radius 3 is 2.80 bits per heavy atom. The van der Waals surface area contributed by atoms with Crippen LogP contribution in [0.3, 0.4) is 0 Å². The third-order valence-electron chi connectivity index (χ3n) is 2.80. The molecule has 100 valence electrons. The van der Waals surface area contributed by atoms with Gasteiger partial charge in [-0.15, -0.1) is 0 Å². The van der Waals surface area contributed by atoms with E-state index in [1.165, 1.54) is 0 Å². The summed E-state index contributed by atoms with van der Waals surface area (Å²) < 4.78 is 5.17. The van der Waals surface area contributed by atoms with Gasteiger partial charge in [0.25, 0.3) is 0 Å². The van der Waals surface area contributed by atoms with Crippen LogP contribution in [0.4, 0.5) is 11.8 Å². The fraction of sp³-hybridized carbons (Fsp3) is 0.143. The summed E-state index contributed by atoms with van der Waals surface area (Å²) in [7, 11) is 0. The quantitative estimate of drug-likeness (QED) is 0.786. The van der Waals surface area contributed by atoms with E-state index in [0.29, 0.717) is 23.4 Å². The van der Waals surface area contributed by atoms with Crippen LogP contribution in [-0.2, 0) is 0 Å². The van der Waals surface area contributed by atoms with Crippen molar-refractivity contribution in [3.8, 4) is 11.5 Å². The number of aryl methyl sites for hydroxylation is 2. The molecule has 0 aromatic carbocycles. The molecule has 3 rings (SSSR count). The maximum atomic E-state index is 5.17. The van der Waals surface area contributed by atoms with Crippen LogP contribution in [-0.4, -0.2) is 20.1 Å². The van der Waals surface area contributed by atoms with E-state index in [1.54, 1.807) is 12.4 Å². The van der Waals surface area contributed by atoms with Gasteiger partial charge in [-0.25, -0.2) is 4.98 Å². The molecule has 0 radical (unpaired) electrons. The van der Waals surface area contributed by atoms with E-state index in [4.69, 9.17) is 4.52 Å². The lowest BCUT2D eigenvalue weighted by Gasteiger charge is -2.00. The fourth-order valence-corrected chi connectivity index (χ4v) is 1.80. The van der Waals surface area contributed by atoms with Crippen molar-refractivity contribution in [1.29, 1.82) is 0 Å². The number of aromatic nitrogens is 4. The van der Waals surface area contributed by atoms with Gasteiger partial charge in [0.05, 0.1) is 0 Å². The normalized spacial score (nSPS) is 10.5. The van der Waals surface area contributed by atoms with Crippen LogP contribution in [0.15, 0.2) is 41.2 Å². The van der Waals surface area contributed by atoms with Crippen molar-refractivity contribution in [3.63, 3.8) is 0 Å². The second kappa shape index (κ2) is 5.08. The molecule has 3 aromatic rings. The van der Waals surface area contributed by atoms with Crippen LogP contribution in [0.5, 0.6) is 0 Å². The van der Waals surface area contributed by atoms with E-state index in [9.17, 15) is 0 Å². The van der Waals surface area contributed by atoms with E-state index in [2.05, 4.69) is 25.4 Å². The molecular formula is C14H13N5O. The average Bonchev–Trinajstić information content (AvgIpc) is 2.87. The van der Waals surface area contributed by atoms with Gasteiger partial charge < -0.3 is 4.52 Å². The Balaban J connectivity index is 1.86. The minimum atomic E-state index is 0.295. The first-order valence-corrected chi connectivity index (χ1v) is 6.18. The lowest BCUT2D eigenvalue weighted by atomic mass is 10.2. The molecule has 20 heavy (non-hydrogen) atoms. The number of rotatable bonds is 3. The van der Waals surface area contributed by atoms with Gasteiger partial charge in [0.15, 0.2) is 0 Å². The Hall–Kier alpha value is -2.76. The highest BCUT2D eigenvalue weighted by atomic mass is 16.5. The molecule has 0 amide bonds. The van der Waals surface area contributed by atoms with Crippen molar-refractivity contribution in [2.75, 3.05) is 5.32 Å². The third-order valence-corrected chi connectivity index (χ3v) is 2.80. The first-order chi connectivity index (χ1) is 9.72. The third kappa shape index (κ3) is 2.49. The number of anilines is 2. The maximum absolute atomic E-state index is 5.17. The zero-order valence-corrected chi connectivity index (χ0v) is 11.2. The molecule has 6 heteroatoms. The van der Waals surface area contributed by atoms with Crippen molar-refractivity contribution >= 4 is 11.8 Å².